The Morgan fingerprint density at radius 2 is 1.56 bits per heavy atom. The van der Waals surface area contributed by atoms with Gasteiger partial charge in [0.2, 0.25) is 6.41 Å². The molecule has 45 heavy (non-hydrogen) atoms. The molecule has 1 aliphatic rings. The number of nitrogen functional groups attached to an aromatic ring is 1. The van der Waals surface area contributed by atoms with Crippen LogP contribution in [0.4, 0.5) is 30.2 Å². The number of carbonyl (C=O) groups excluding carboxylic acids is 2. The molecule has 0 atom stereocenters. The molecule has 0 bridgehead atoms. The van der Waals surface area contributed by atoms with Gasteiger partial charge >= 0.3 is 6.18 Å². The average molecular weight is 617 g/mol. The Hall–Kier alpha value is -5.16. The fourth-order valence-corrected chi connectivity index (χ4v) is 4.77. The molecule has 4 aromatic carbocycles. The smallest absolute Gasteiger partial charge is 0.398 e. The molecular formula is C34H35F3N6O2. The minimum Gasteiger partial charge on any atom is -0.398 e. The predicted octanol–water partition coefficient (Wildman–Crippen LogP) is 5.82. The summed E-state index contributed by atoms with van der Waals surface area (Å²) >= 11 is 0. The third-order valence-electron chi connectivity index (χ3n) is 7.30. The number of carbonyl (C=O) groups is 2. The summed E-state index contributed by atoms with van der Waals surface area (Å²) in [5.41, 5.74) is 17.6. The van der Waals surface area contributed by atoms with Gasteiger partial charge in [-0.2, -0.15) is 18.2 Å². The normalized spacial score (nSPS) is 13.9. The highest BCUT2D eigenvalue weighted by Crippen LogP contribution is 2.30. The lowest BCUT2D eigenvalue weighted by Crippen LogP contribution is -2.44. The zero-order valence-electron chi connectivity index (χ0n) is 25.0. The molecule has 1 saturated heterocycles. The molecule has 1 aliphatic heterocycles. The van der Waals surface area contributed by atoms with Crippen LogP contribution in [0.1, 0.15) is 27.0 Å². The van der Waals surface area contributed by atoms with Gasteiger partial charge in [-0.3, -0.25) is 9.59 Å². The number of halogens is 3. The van der Waals surface area contributed by atoms with E-state index in [1.165, 1.54) is 17.7 Å². The van der Waals surface area contributed by atoms with Crippen molar-refractivity contribution in [3.8, 4) is 11.1 Å². The highest BCUT2D eigenvalue weighted by molar-refractivity contribution is 6.11. The van der Waals surface area contributed by atoms with Crippen LogP contribution < -0.4 is 21.7 Å². The molecular weight excluding hydrogens is 581 g/mol. The van der Waals surface area contributed by atoms with Gasteiger partial charge in [0.1, 0.15) is 5.84 Å². The summed E-state index contributed by atoms with van der Waals surface area (Å²) in [6.45, 7) is 6.08. The number of benzene rings is 4. The first kappa shape index (κ1) is 32.7. The second-order valence-electron chi connectivity index (χ2n) is 10.7. The largest absolute Gasteiger partial charge is 0.416 e. The van der Waals surface area contributed by atoms with Crippen molar-refractivity contribution in [3.05, 3.63) is 113 Å². The highest BCUT2D eigenvalue weighted by Gasteiger charge is 2.30. The SMILES string of the molecule is Cc1cccc(-c2ccc(C(N)=NC(=O)c3ccc(N4CCN(C)CC4)cc3)c(N)c2)c1.O=CNc1cccc(C(F)(F)F)c1. The third kappa shape index (κ3) is 8.93. The van der Waals surface area contributed by atoms with Gasteiger partial charge in [-0.05, 0) is 79.7 Å². The van der Waals surface area contributed by atoms with E-state index in [-0.39, 0.29) is 17.4 Å². The van der Waals surface area contributed by atoms with E-state index < -0.39 is 11.7 Å². The maximum atomic E-state index is 12.7. The third-order valence-corrected chi connectivity index (χ3v) is 7.30. The summed E-state index contributed by atoms with van der Waals surface area (Å²) < 4.78 is 36.3. The Balaban J connectivity index is 0.000000297. The Bertz CT molecular complexity index is 1660. The number of nitrogens with zero attached hydrogens (tertiary/aromatic N) is 3. The van der Waals surface area contributed by atoms with Crippen LogP contribution in [-0.4, -0.2) is 56.3 Å². The number of likely N-dealkylation sites (N-methyl/N-ethyl adjacent to an activating group) is 1. The summed E-state index contributed by atoms with van der Waals surface area (Å²) in [4.78, 5) is 31.3. The minimum atomic E-state index is -4.37. The monoisotopic (exact) mass is 616 g/mol. The quantitative estimate of drug-likeness (QED) is 0.109. The maximum absolute atomic E-state index is 12.7. The van der Waals surface area contributed by atoms with E-state index >= 15 is 0 Å². The average Bonchev–Trinajstić information content (AvgIpc) is 3.01. The topological polar surface area (TPSA) is 117 Å². The van der Waals surface area contributed by atoms with Gasteiger partial charge in [-0.15, -0.1) is 0 Å². The molecule has 0 unspecified atom stereocenters. The highest BCUT2D eigenvalue weighted by atomic mass is 19.4. The second kappa shape index (κ2) is 14.5. The lowest BCUT2D eigenvalue weighted by Gasteiger charge is -2.34. The van der Waals surface area contributed by atoms with Gasteiger partial charge in [-0.25, -0.2) is 0 Å². The van der Waals surface area contributed by atoms with Crippen molar-refractivity contribution < 1.29 is 22.8 Å². The van der Waals surface area contributed by atoms with Crippen molar-refractivity contribution in [2.75, 3.05) is 49.2 Å². The summed E-state index contributed by atoms with van der Waals surface area (Å²) in [6.07, 6.45) is -4.05. The van der Waals surface area contributed by atoms with Crippen molar-refractivity contribution in [2.24, 2.45) is 10.7 Å². The zero-order valence-corrected chi connectivity index (χ0v) is 25.0. The van der Waals surface area contributed by atoms with Crippen molar-refractivity contribution in [1.82, 2.24) is 4.90 Å². The second-order valence-corrected chi connectivity index (χ2v) is 10.7. The number of hydrogen-bond donors (Lipinski definition) is 3. The lowest BCUT2D eigenvalue weighted by molar-refractivity contribution is -0.137. The van der Waals surface area contributed by atoms with Crippen LogP contribution in [0.5, 0.6) is 0 Å². The Labute approximate surface area is 260 Å². The number of hydrogen-bond acceptors (Lipinski definition) is 5. The molecule has 0 saturated carbocycles. The van der Waals surface area contributed by atoms with E-state index in [9.17, 15) is 22.8 Å². The van der Waals surface area contributed by atoms with Crippen LogP contribution in [0, 0.1) is 6.92 Å². The first-order chi connectivity index (χ1) is 21.4. The van der Waals surface area contributed by atoms with E-state index in [1.807, 2.05) is 42.5 Å². The number of anilines is 3. The van der Waals surface area contributed by atoms with Crippen LogP contribution in [0.15, 0.2) is 96.0 Å². The number of aryl methyl sites for hydroxylation is 1. The molecule has 4 aromatic rings. The first-order valence-electron chi connectivity index (χ1n) is 14.2. The fourth-order valence-electron chi connectivity index (χ4n) is 4.77. The zero-order chi connectivity index (χ0) is 32.6. The Morgan fingerprint density at radius 3 is 2.18 bits per heavy atom. The van der Waals surface area contributed by atoms with Crippen LogP contribution >= 0.6 is 0 Å². The molecule has 8 nitrogen and oxygen atoms in total. The molecule has 11 heteroatoms. The Kier molecular flexibility index (Phi) is 10.6. The number of aliphatic imine (C=N–C) groups is 1. The molecule has 1 fully saturated rings. The van der Waals surface area contributed by atoms with Gasteiger partial charge in [0.25, 0.3) is 5.91 Å². The van der Waals surface area contributed by atoms with Gasteiger partial charge in [-0.1, -0.05) is 42.0 Å². The predicted molar refractivity (Wildman–Crippen MR) is 173 cm³/mol. The van der Waals surface area contributed by atoms with Crippen molar-refractivity contribution >= 4 is 35.2 Å². The fraction of sp³-hybridized carbons (Fsp3) is 0.206. The van der Waals surface area contributed by atoms with Gasteiger partial charge < -0.3 is 26.6 Å². The summed E-state index contributed by atoms with van der Waals surface area (Å²) in [5.74, 6) is -0.263. The number of amides is 2. The summed E-state index contributed by atoms with van der Waals surface area (Å²) in [5, 5.41) is 2.14. The van der Waals surface area contributed by atoms with Crippen LogP contribution in [0.3, 0.4) is 0 Å². The van der Waals surface area contributed by atoms with Gasteiger partial charge in [0, 0.05) is 54.4 Å². The molecule has 0 radical (unpaired) electrons. The van der Waals surface area contributed by atoms with Gasteiger partial charge in [0.05, 0.1) is 5.56 Å². The molecule has 5 rings (SSSR count). The van der Waals surface area contributed by atoms with Crippen molar-refractivity contribution in [2.45, 2.75) is 13.1 Å². The molecule has 0 spiro atoms. The van der Waals surface area contributed by atoms with E-state index in [2.05, 4.69) is 46.2 Å². The Morgan fingerprint density at radius 1 is 0.889 bits per heavy atom. The van der Waals surface area contributed by atoms with E-state index in [1.54, 1.807) is 12.1 Å². The molecule has 234 valence electrons. The molecule has 0 aliphatic carbocycles. The summed E-state index contributed by atoms with van der Waals surface area (Å²) in [6, 6.07) is 25.8. The van der Waals surface area contributed by atoms with Crippen molar-refractivity contribution in [3.63, 3.8) is 0 Å². The number of amidine groups is 1. The van der Waals surface area contributed by atoms with Gasteiger partial charge in [0.15, 0.2) is 0 Å². The van der Waals surface area contributed by atoms with E-state index in [0.29, 0.717) is 23.2 Å². The van der Waals surface area contributed by atoms with Crippen LogP contribution in [0.25, 0.3) is 11.1 Å². The van der Waals surface area contributed by atoms with E-state index in [0.717, 1.165) is 55.1 Å². The van der Waals surface area contributed by atoms with Crippen molar-refractivity contribution in [1.29, 1.82) is 0 Å². The lowest BCUT2D eigenvalue weighted by atomic mass is 10.0. The number of rotatable bonds is 6. The van der Waals surface area contributed by atoms with E-state index in [4.69, 9.17) is 11.5 Å². The van der Waals surface area contributed by atoms with Crippen LogP contribution in [0.2, 0.25) is 0 Å². The summed E-state index contributed by atoms with van der Waals surface area (Å²) in [7, 11) is 2.13. The maximum Gasteiger partial charge on any atom is 0.416 e. The molecule has 1 heterocycles. The first-order valence-corrected chi connectivity index (χ1v) is 14.2. The number of piperazine rings is 1. The minimum absolute atomic E-state index is 0.117. The van der Waals surface area contributed by atoms with Crippen LogP contribution in [-0.2, 0) is 11.0 Å². The molecule has 0 aromatic heterocycles. The number of nitrogens with two attached hydrogens (primary N) is 2. The number of alkyl halides is 3. The molecule has 5 N–H and O–H groups in total. The molecule has 2 amide bonds. The standard InChI is InChI=1S/C26H29N5O.C8H6F3NO/c1-18-4-3-5-20(16-18)21-8-11-23(24(27)17-21)25(28)29-26(32)19-6-9-22(10-7-19)31-14-12-30(2)13-15-31;9-8(10,11)6-2-1-3-7(4-6)12-5-13/h3-11,16-17H,12-15,27H2,1-2H3,(H2,28,29,32);1-5H,(H,12,13). The number of nitrogens with one attached hydrogen (secondary N) is 1.